The van der Waals surface area contributed by atoms with Gasteiger partial charge in [0, 0.05) is 6.08 Å². The van der Waals surface area contributed by atoms with E-state index in [1.54, 1.807) is 36.4 Å². The fraction of sp³-hybridized carbons (Fsp3) is 0.185. The third-order valence-corrected chi connectivity index (χ3v) is 4.72. The molecule has 0 bridgehead atoms. The Balaban J connectivity index is 1.44. The molecule has 0 aliphatic heterocycles. The van der Waals surface area contributed by atoms with Crippen molar-refractivity contribution >= 4 is 11.9 Å². The summed E-state index contributed by atoms with van der Waals surface area (Å²) in [5, 5.41) is 0. The van der Waals surface area contributed by atoms with Crippen LogP contribution in [0, 0.1) is 0 Å². The van der Waals surface area contributed by atoms with Crippen LogP contribution in [0.5, 0.6) is 17.2 Å². The maximum Gasteiger partial charge on any atom is 0.343 e. The van der Waals surface area contributed by atoms with Crippen LogP contribution in [-0.2, 0) is 22.6 Å². The van der Waals surface area contributed by atoms with E-state index < -0.39 is 11.9 Å². The molecule has 3 aromatic rings. The Morgan fingerprint density at radius 1 is 0.758 bits per heavy atom. The fourth-order valence-electron chi connectivity index (χ4n) is 2.86. The van der Waals surface area contributed by atoms with Crippen molar-refractivity contribution in [2.75, 3.05) is 13.2 Å². The molecule has 0 aliphatic rings. The zero-order valence-corrected chi connectivity index (χ0v) is 18.5. The van der Waals surface area contributed by atoms with Crippen molar-refractivity contribution in [3.63, 3.8) is 0 Å². The molecule has 33 heavy (non-hydrogen) atoms. The predicted octanol–water partition coefficient (Wildman–Crippen LogP) is 5.16. The number of esters is 2. The first-order valence-electron chi connectivity index (χ1n) is 10.6. The van der Waals surface area contributed by atoms with E-state index >= 15 is 0 Å². The predicted molar refractivity (Wildman–Crippen MR) is 125 cm³/mol. The standard InChI is InChI=1S/C27H26O6/c1-3-20-5-13-25(14-6-20)33-27(29)22-9-15-24(16-10-22)32-19-21-7-11-23(12-8-21)30-17-18-31-26(28)4-2/h4-16H,2-3,17-19H2,1H3. The number of rotatable bonds is 11. The summed E-state index contributed by atoms with van der Waals surface area (Å²) in [5.74, 6) is 0.935. The minimum atomic E-state index is -0.474. The Labute approximate surface area is 193 Å². The monoisotopic (exact) mass is 446 g/mol. The van der Waals surface area contributed by atoms with Gasteiger partial charge in [-0.05, 0) is 66.1 Å². The topological polar surface area (TPSA) is 71.1 Å². The molecule has 0 amide bonds. The molecule has 0 aromatic heterocycles. The summed E-state index contributed by atoms with van der Waals surface area (Å²) < 4.78 is 21.6. The van der Waals surface area contributed by atoms with E-state index in [0.717, 1.165) is 18.1 Å². The first-order valence-corrected chi connectivity index (χ1v) is 10.6. The van der Waals surface area contributed by atoms with Gasteiger partial charge in [-0.1, -0.05) is 37.8 Å². The molecular formula is C27H26O6. The summed E-state index contributed by atoms with van der Waals surface area (Å²) in [6.07, 6.45) is 2.04. The van der Waals surface area contributed by atoms with Crippen molar-refractivity contribution in [1.82, 2.24) is 0 Å². The van der Waals surface area contributed by atoms with Crippen molar-refractivity contribution < 1.29 is 28.5 Å². The Bertz CT molecular complexity index is 1050. The molecule has 0 heterocycles. The van der Waals surface area contributed by atoms with Gasteiger partial charge in [-0.3, -0.25) is 0 Å². The summed E-state index contributed by atoms with van der Waals surface area (Å²) in [7, 11) is 0. The highest BCUT2D eigenvalue weighted by Crippen LogP contribution is 2.19. The zero-order valence-electron chi connectivity index (χ0n) is 18.5. The van der Waals surface area contributed by atoms with Gasteiger partial charge in [-0.25, -0.2) is 9.59 Å². The third-order valence-electron chi connectivity index (χ3n) is 4.72. The first kappa shape index (κ1) is 23.6. The molecule has 0 spiro atoms. The summed E-state index contributed by atoms with van der Waals surface area (Å²) in [4.78, 5) is 23.3. The molecule has 3 rings (SSSR count). The number of benzene rings is 3. The van der Waals surface area contributed by atoms with Crippen LogP contribution in [0.4, 0.5) is 0 Å². The van der Waals surface area contributed by atoms with Gasteiger partial charge in [-0.2, -0.15) is 0 Å². The highest BCUT2D eigenvalue weighted by atomic mass is 16.6. The average molecular weight is 446 g/mol. The number of hydrogen-bond acceptors (Lipinski definition) is 6. The second kappa shape index (κ2) is 12.1. The lowest BCUT2D eigenvalue weighted by Crippen LogP contribution is -2.10. The molecule has 0 unspecified atom stereocenters. The van der Waals surface area contributed by atoms with Crippen molar-refractivity contribution in [3.8, 4) is 17.2 Å². The zero-order chi connectivity index (χ0) is 23.5. The molecule has 0 saturated carbocycles. The quantitative estimate of drug-likeness (QED) is 0.175. The molecule has 170 valence electrons. The van der Waals surface area contributed by atoms with E-state index in [0.29, 0.717) is 29.4 Å². The van der Waals surface area contributed by atoms with Crippen LogP contribution >= 0.6 is 0 Å². The average Bonchev–Trinajstić information content (AvgIpc) is 2.86. The van der Waals surface area contributed by atoms with Gasteiger partial charge in [0.05, 0.1) is 5.56 Å². The van der Waals surface area contributed by atoms with E-state index in [9.17, 15) is 9.59 Å². The van der Waals surface area contributed by atoms with Crippen LogP contribution in [0.2, 0.25) is 0 Å². The van der Waals surface area contributed by atoms with Crippen LogP contribution in [0.25, 0.3) is 0 Å². The minimum absolute atomic E-state index is 0.157. The van der Waals surface area contributed by atoms with Crippen molar-refractivity contribution in [2.24, 2.45) is 0 Å². The Morgan fingerprint density at radius 3 is 1.97 bits per heavy atom. The molecule has 0 radical (unpaired) electrons. The molecule has 0 atom stereocenters. The molecule has 6 heteroatoms. The minimum Gasteiger partial charge on any atom is -0.490 e. The van der Waals surface area contributed by atoms with Gasteiger partial charge in [0.15, 0.2) is 0 Å². The number of ether oxygens (including phenoxy) is 4. The molecule has 3 aromatic carbocycles. The van der Waals surface area contributed by atoms with Gasteiger partial charge in [0.25, 0.3) is 0 Å². The number of aryl methyl sites for hydroxylation is 1. The molecule has 0 fully saturated rings. The van der Waals surface area contributed by atoms with E-state index in [1.807, 2.05) is 36.4 Å². The van der Waals surface area contributed by atoms with Gasteiger partial charge in [0.2, 0.25) is 0 Å². The van der Waals surface area contributed by atoms with Crippen LogP contribution < -0.4 is 14.2 Å². The van der Waals surface area contributed by atoms with Gasteiger partial charge in [0.1, 0.15) is 37.1 Å². The molecular weight excluding hydrogens is 420 g/mol. The summed E-state index contributed by atoms with van der Waals surface area (Å²) in [6, 6.07) is 21.7. The van der Waals surface area contributed by atoms with Gasteiger partial charge in [-0.15, -0.1) is 0 Å². The summed E-state index contributed by atoms with van der Waals surface area (Å²) >= 11 is 0. The third kappa shape index (κ3) is 7.54. The van der Waals surface area contributed by atoms with Crippen LogP contribution in [0.3, 0.4) is 0 Å². The van der Waals surface area contributed by atoms with Crippen molar-refractivity contribution in [1.29, 1.82) is 0 Å². The number of hydrogen-bond donors (Lipinski definition) is 0. The Morgan fingerprint density at radius 2 is 1.33 bits per heavy atom. The molecule has 0 N–H and O–H groups in total. The molecule has 0 saturated heterocycles. The SMILES string of the molecule is C=CC(=O)OCCOc1ccc(COc2ccc(C(=O)Oc3ccc(CC)cc3)cc2)cc1. The maximum atomic E-state index is 12.3. The van der Waals surface area contributed by atoms with Crippen molar-refractivity contribution in [2.45, 2.75) is 20.0 Å². The maximum absolute atomic E-state index is 12.3. The van der Waals surface area contributed by atoms with Crippen LogP contribution in [0.15, 0.2) is 85.5 Å². The summed E-state index contributed by atoms with van der Waals surface area (Å²) in [5.41, 5.74) is 2.59. The number of carbonyl (C=O) groups excluding carboxylic acids is 2. The van der Waals surface area contributed by atoms with Crippen LogP contribution in [0.1, 0.15) is 28.4 Å². The van der Waals surface area contributed by atoms with E-state index in [4.69, 9.17) is 18.9 Å². The Kier molecular flexibility index (Phi) is 8.65. The van der Waals surface area contributed by atoms with E-state index in [2.05, 4.69) is 13.5 Å². The smallest absolute Gasteiger partial charge is 0.343 e. The summed E-state index contributed by atoms with van der Waals surface area (Å²) in [6.45, 7) is 6.18. The Hall–Kier alpha value is -4.06. The number of carbonyl (C=O) groups is 2. The highest BCUT2D eigenvalue weighted by Gasteiger charge is 2.09. The van der Waals surface area contributed by atoms with E-state index in [1.165, 1.54) is 5.56 Å². The van der Waals surface area contributed by atoms with Crippen LogP contribution in [-0.4, -0.2) is 25.2 Å². The van der Waals surface area contributed by atoms with E-state index in [-0.39, 0.29) is 13.2 Å². The van der Waals surface area contributed by atoms with Crippen molar-refractivity contribution in [3.05, 3.63) is 102 Å². The lowest BCUT2D eigenvalue weighted by Gasteiger charge is -2.09. The largest absolute Gasteiger partial charge is 0.490 e. The van der Waals surface area contributed by atoms with Gasteiger partial charge >= 0.3 is 11.9 Å². The normalized spacial score (nSPS) is 10.2. The highest BCUT2D eigenvalue weighted by molar-refractivity contribution is 5.91. The lowest BCUT2D eigenvalue weighted by atomic mass is 10.2. The first-order chi connectivity index (χ1) is 16.1. The lowest BCUT2D eigenvalue weighted by molar-refractivity contribution is -0.138. The van der Waals surface area contributed by atoms with Gasteiger partial charge < -0.3 is 18.9 Å². The second-order valence-electron chi connectivity index (χ2n) is 7.06. The molecule has 0 aliphatic carbocycles. The molecule has 6 nitrogen and oxygen atoms in total. The fourth-order valence-corrected chi connectivity index (χ4v) is 2.86. The second-order valence-corrected chi connectivity index (χ2v) is 7.06.